The second kappa shape index (κ2) is 6.20. The van der Waals surface area contributed by atoms with Gasteiger partial charge in [-0.1, -0.05) is 31.2 Å². The third-order valence-electron chi connectivity index (χ3n) is 3.31. The van der Waals surface area contributed by atoms with Gasteiger partial charge in [-0.2, -0.15) is 0 Å². The molecule has 1 N–H and O–H groups in total. The number of nitrogens with one attached hydrogen (secondary N) is 1. The van der Waals surface area contributed by atoms with E-state index in [1.165, 1.54) is 11.1 Å². The highest BCUT2D eigenvalue weighted by Gasteiger charge is 2.07. The van der Waals surface area contributed by atoms with E-state index in [0.717, 1.165) is 22.4 Å². The Morgan fingerprint density at radius 2 is 1.84 bits per heavy atom. The predicted octanol–water partition coefficient (Wildman–Crippen LogP) is 4.89. The van der Waals surface area contributed by atoms with Crippen LogP contribution in [0.15, 0.2) is 41.0 Å². The van der Waals surface area contributed by atoms with E-state index in [1.807, 2.05) is 13.0 Å². The number of pyridine rings is 1. The average molecular weight is 319 g/mol. The first-order valence-corrected chi connectivity index (χ1v) is 7.38. The van der Waals surface area contributed by atoms with Crippen LogP contribution in [-0.4, -0.2) is 4.98 Å². The molecule has 2 aromatic rings. The summed E-state index contributed by atoms with van der Waals surface area (Å²) in [6.07, 6.45) is 1.08. The Morgan fingerprint density at radius 1 is 1.16 bits per heavy atom. The minimum atomic E-state index is 0.271. The van der Waals surface area contributed by atoms with E-state index in [4.69, 9.17) is 0 Å². The highest BCUT2D eigenvalue weighted by atomic mass is 79.9. The number of nitrogens with zero attached hydrogens (tertiary/aromatic N) is 1. The number of anilines is 1. The van der Waals surface area contributed by atoms with Gasteiger partial charge in [0.1, 0.15) is 4.60 Å². The lowest BCUT2D eigenvalue weighted by molar-refractivity contribution is 0.876. The van der Waals surface area contributed by atoms with Gasteiger partial charge in [-0.25, -0.2) is 4.98 Å². The van der Waals surface area contributed by atoms with Gasteiger partial charge >= 0.3 is 0 Å². The van der Waals surface area contributed by atoms with Gasteiger partial charge < -0.3 is 5.32 Å². The molecule has 0 aliphatic rings. The third-order valence-corrected chi connectivity index (χ3v) is 3.75. The molecule has 0 fully saturated rings. The molecule has 0 radical (unpaired) electrons. The molecule has 19 heavy (non-hydrogen) atoms. The third kappa shape index (κ3) is 3.57. The van der Waals surface area contributed by atoms with E-state index in [9.17, 15) is 0 Å². The van der Waals surface area contributed by atoms with Crippen molar-refractivity contribution in [2.45, 2.75) is 33.2 Å². The Hall–Kier alpha value is -1.35. The zero-order chi connectivity index (χ0) is 13.8. The topological polar surface area (TPSA) is 24.9 Å². The molecular formula is C16H19BrN2. The van der Waals surface area contributed by atoms with Crippen molar-refractivity contribution in [3.63, 3.8) is 0 Å². The number of hydrogen-bond donors (Lipinski definition) is 1. The summed E-state index contributed by atoms with van der Waals surface area (Å²) in [5.41, 5.74) is 4.75. The number of halogens is 1. The monoisotopic (exact) mass is 318 g/mol. The van der Waals surface area contributed by atoms with E-state index < -0.39 is 0 Å². The Kier molecular flexibility index (Phi) is 4.59. The first-order valence-electron chi connectivity index (χ1n) is 6.58. The molecule has 0 saturated carbocycles. The fraction of sp³-hybridized carbons (Fsp3) is 0.312. The smallest absolute Gasteiger partial charge is 0.106 e. The Bertz CT molecular complexity index is 549. The lowest BCUT2D eigenvalue weighted by Crippen LogP contribution is -2.08. The normalized spacial score (nSPS) is 12.2. The van der Waals surface area contributed by atoms with E-state index in [1.54, 1.807) is 0 Å². The van der Waals surface area contributed by atoms with E-state index in [-0.39, 0.29) is 6.04 Å². The van der Waals surface area contributed by atoms with E-state index in [0.29, 0.717) is 0 Å². The lowest BCUT2D eigenvalue weighted by atomic mass is 10.0. The van der Waals surface area contributed by atoms with Crippen LogP contribution in [-0.2, 0) is 6.42 Å². The van der Waals surface area contributed by atoms with Crippen LogP contribution in [0.5, 0.6) is 0 Å². The zero-order valence-electron chi connectivity index (χ0n) is 11.6. The van der Waals surface area contributed by atoms with Gasteiger partial charge in [0.25, 0.3) is 0 Å². The molecule has 1 aromatic carbocycles. The van der Waals surface area contributed by atoms with Crippen molar-refractivity contribution in [3.05, 3.63) is 57.8 Å². The maximum Gasteiger partial charge on any atom is 0.106 e. The summed E-state index contributed by atoms with van der Waals surface area (Å²) >= 11 is 3.38. The first kappa shape index (κ1) is 14.1. The predicted molar refractivity (Wildman–Crippen MR) is 84.5 cm³/mol. The van der Waals surface area contributed by atoms with Gasteiger partial charge in [0.05, 0.1) is 11.4 Å². The van der Waals surface area contributed by atoms with Crippen molar-refractivity contribution in [2.75, 3.05) is 5.32 Å². The molecule has 0 saturated heterocycles. The number of aryl methyl sites for hydroxylation is 2. The van der Waals surface area contributed by atoms with Gasteiger partial charge in [0, 0.05) is 6.04 Å². The molecule has 1 unspecified atom stereocenters. The SMILES string of the molecule is CCc1ccc(C(C)Nc2ccc(Br)nc2C)cc1. The van der Waals surface area contributed by atoms with Crippen LogP contribution in [0.25, 0.3) is 0 Å². The minimum absolute atomic E-state index is 0.271. The van der Waals surface area contributed by atoms with Crippen LogP contribution in [0.2, 0.25) is 0 Å². The summed E-state index contributed by atoms with van der Waals surface area (Å²) in [6.45, 7) is 6.36. The highest BCUT2D eigenvalue weighted by Crippen LogP contribution is 2.23. The zero-order valence-corrected chi connectivity index (χ0v) is 13.2. The molecule has 1 heterocycles. The Labute approximate surface area is 123 Å². The molecule has 0 amide bonds. The van der Waals surface area contributed by atoms with Gasteiger partial charge in [0.2, 0.25) is 0 Å². The molecular weight excluding hydrogens is 300 g/mol. The first-order chi connectivity index (χ1) is 9.10. The largest absolute Gasteiger partial charge is 0.377 e. The van der Waals surface area contributed by atoms with Crippen LogP contribution < -0.4 is 5.32 Å². The second-order valence-corrected chi connectivity index (χ2v) is 5.54. The van der Waals surface area contributed by atoms with E-state index >= 15 is 0 Å². The van der Waals surface area contributed by atoms with E-state index in [2.05, 4.69) is 70.4 Å². The summed E-state index contributed by atoms with van der Waals surface area (Å²) in [4.78, 5) is 4.40. The summed E-state index contributed by atoms with van der Waals surface area (Å²) in [7, 11) is 0. The number of rotatable bonds is 4. The minimum Gasteiger partial charge on any atom is -0.377 e. The van der Waals surface area contributed by atoms with Crippen molar-refractivity contribution in [3.8, 4) is 0 Å². The molecule has 1 atom stereocenters. The van der Waals surface area contributed by atoms with Gasteiger partial charge in [-0.15, -0.1) is 0 Å². The van der Waals surface area contributed by atoms with Crippen molar-refractivity contribution in [2.24, 2.45) is 0 Å². The van der Waals surface area contributed by atoms with Crippen molar-refractivity contribution >= 4 is 21.6 Å². The van der Waals surface area contributed by atoms with Crippen LogP contribution in [0.1, 0.15) is 36.7 Å². The highest BCUT2D eigenvalue weighted by molar-refractivity contribution is 9.10. The molecule has 100 valence electrons. The summed E-state index contributed by atoms with van der Waals surface area (Å²) in [5.74, 6) is 0. The van der Waals surface area contributed by atoms with Crippen LogP contribution in [0, 0.1) is 6.92 Å². The van der Waals surface area contributed by atoms with Crippen molar-refractivity contribution in [1.82, 2.24) is 4.98 Å². The fourth-order valence-electron chi connectivity index (χ4n) is 2.04. The second-order valence-electron chi connectivity index (χ2n) is 4.73. The molecule has 1 aromatic heterocycles. The summed E-state index contributed by atoms with van der Waals surface area (Å²) in [6, 6.07) is 13.1. The summed E-state index contributed by atoms with van der Waals surface area (Å²) in [5, 5.41) is 3.51. The standard InChI is InChI=1S/C16H19BrN2/c1-4-13-5-7-14(8-6-13)11(2)18-15-9-10-16(17)19-12(15)3/h5-11,18H,4H2,1-3H3. The molecule has 0 aliphatic heterocycles. The molecule has 2 nitrogen and oxygen atoms in total. The molecule has 0 aliphatic carbocycles. The number of aromatic nitrogens is 1. The van der Waals surface area contributed by atoms with Crippen LogP contribution in [0.3, 0.4) is 0 Å². The number of benzene rings is 1. The molecule has 0 spiro atoms. The number of hydrogen-bond acceptors (Lipinski definition) is 2. The molecule has 3 heteroatoms. The van der Waals surface area contributed by atoms with Crippen LogP contribution >= 0.6 is 15.9 Å². The molecule has 2 rings (SSSR count). The lowest BCUT2D eigenvalue weighted by Gasteiger charge is -2.17. The van der Waals surface area contributed by atoms with Crippen LogP contribution in [0.4, 0.5) is 5.69 Å². The fourth-order valence-corrected chi connectivity index (χ4v) is 2.44. The van der Waals surface area contributed by atoms with Gasteiger partial charge in [0.15, 0.2) is 0 Å². The maximum atomic E-state index is 4.40. The Balaban J connectivity index is 2.13. The Morgan fingerprint density at radius 3 is 2.42 bits per heavy atom. The van der Waals surface area contributed by atoms with Crippen molar-refractivity contribution < 1.29 is 0 Å². The quantitative estimate of drug-likeness (QED) is 0.812. The van der Waals surface area contributed by atoms with Gasteiger partial charge in [-0.3, -0.25) is 0 Å². The summed E-state index contributed by atoms with van der Waals surface area (Å²) < 4.78 is 0.871. The molecule has 0 bridgehead atoms. The van der Waals surface area contributed by atoms with Gasteiger partial charge in [-0.05, 0) is 59.5 Å². The van der Waals surface area contributed by atoms with Crippen molar-refractivity contribution in [1.29, 1.82) is 0 Å². The maximum absolute atomic E-state index is 4.40. The average Bonchev–Trinajstić information content (AvgIpc) is 2.42.